The van der Waals surface area contributed by atoms with Gasteiger partial charge in [-0.2, -0.15) is 9.87 Å². The van der Waals surface area contributed by atoms with Crippen LogP contribution in [-0.2, 0) is 4.84 Å². The molecule has 1 heterocycles. The Hall–Kier alpha value is -0.720. The highest BCUT2D eigenvalue weighted by Crippen LogP contribution is 2.45. The zero-order valence-corrected chi connectivity index (χ0v) is 11.7. The van der Waals surface area contributed by atoms with Crippen molar-refractivity contribution in [2.45, 2.75) is 31.9 Å². The zero-order valence-electron chi connectivity index (χ0n) is 10.1. The lowest BCUT2D eigenvalue weighted by Gasteiger charge is -2.18. The fourth-order valence-corrected chi connectivity index (χ4v) is 2.80. The van der Waals surface area contributed by atoms with Gasteiger partial charge in [-0.3, -0.25) is 0 Å². The zero-order chi connectivity index (χ0) is 13.3. The molecule has 2 atom stereocenters. The van der Waals surface area contributed by atoms with E-state index in [4.69, 9.17) is 9.57 Å². The summed E-state index contributed by atoms with van der Waals surface area (Å²) in [6.07, 6.45) is 1.34. The van der Waals surface area contributed by atoms with Crippen LogP contribution >= 0.6 is 15.9 Å². The smallest absolute Gasteiger partial charge is 0.201 e. The van der Waals surface area contributed by atoms with Crippen molar-refractivity contribution in [3.8, 4) is 5.75 Å². The fourth-order valence-electron chi connectivity index (χ4n) is 2.17. The lowest BCUT2D eigenvalue weighted by molar-refractivity contribution is 0.0263. The maximum Gasteiger partial charge on any atom is 0.201 e. The number of hydroxylamine groups is 1. The Balaban J connectivity index is 2.45. The number of ether oxygens (including phenoxy) is 1. The summed E-state index contributed by atoms with van der Waals surface area (Å²) in [6.45, 7) is 2.00. The van der Waals surface area contributed by atoms with Crippen LogP contribution in [0.1, 0.15) is 31.4 Å². The van der Waals surface area contributed by atoms with E-state index in [1.165, 1.54) is 7.11 Å². The van der Waals surface area contributed by atoms with Gasteiger partial charge >= 0.3 is 0 Å². The first kappa shape index (κ1) is 13.7. The van der Waals surface area contributed by atoms with E-state index in [9.17, 15) is 8.78 Å². The van der Waals surface area contributed by atoms with Crippen LogP contribution in [0.4, 0.5) is 8.78 Å². The number of benzene rings is 1. The Labute approximate surface area is 113 Å². The predicted molar refractivity (Wildman–Crippen MR) is 66.3 cm³/mol. The maximum atomic E-state index is 13.7. The standard InChI is InChI=1S/C12H14BrF2NO2/c1-3-4-8-11(16-17-2)9-6(13)5-7(14)10(15)12(9)18-8/h5,8,11,16H,3-4H2,1-2H3. The van der Waals surface area contributed by atoms with Gasteiger partial charge in [0.2, 0.25) is 5.82 Å². The van der Waals surface area contributed by atoms with Crippen LogP contribution in [-0.4, -0.2) is 13.2 Å². The molecule has 0 spiro atoms. The highest BCUT2D eigenvalue weighted by Gasteiger charge is 2.38. The molecular formula is C12H14BrF2NO2. The fraction of sp³-hybridized carbons (Fsp3) is 0.500. The minimum absolute atomic E-state index is 0.0325. The van der Waals surface area contributed by atoms with Gasteiger partial charge in [0, 0.05) is 10.0 Å². The van der Waals surface area contributed by atoms with Crippen molar-refractivity contribution < 1.29 is 18.4 Å². The third-order valence-corrected chi connectivity index (χ3v) is 3.59. The third kappa shape index (κ3) is 2.24. The van der Waals surface area contributed by atoms with E-state index in [-0.39, 0.29) is 17.9 Å². The van der Waals surface area contributed by atoms with Gasteiger partial charge in [0.1, 0.15) is 6.10 Å². The molecule has 0 aromatic heterocycles. The highest BCUT2D eigenvalue weighted by molar-refractivity contribution is 9.10. The van der Waals surface area contributed by atoms with Gasteiger partial charge in [-0.15, -0.1) is 0 Å². The molecule has 2 rings (SSSR count). The molecule has 0 amide bonds. The van der Waals surface area contributed by atoms with Gasteiger partial charge in [-0.25, -0.2) is 4.39 Å². The second kappa shape index (κ2) is 5.50. The molecule has 2 unspecified atom stereocenters. The largest absolute Gasteiger partial charge is 0.485 e. The van der Waals surface area contributed by atoms with E-state index in [2.05, 4.69) is 21.4 Å². The molecule has 18 heavy (non-hydrogen) atoms. The minimum atomic E-state index is -0.949. The van der Waals surface area contributed by atoms with E-state index in [0.717, 1.165) is 18.9 Å². The molecule has 6 heteroatoms. The normalized spacial score (nSPS) is 21.8. The van der Waals surface area contributed by atoms with E-state index in [1.54, 1.807) is 0 Å². The lowest BCUT2D eigenvalue weighted by atomic mass is 10.0. The van der Waals surface area contributed by atoms with Gasteiger partial charge in [-0.1, -0.05) is 29.3 Å². The second-order valence-electron chi connectivity index (χ2n) is 4.14. The predicted octanol–water partition coefficient (Wildman–Crippen LogP) is 3.48. The molecular weight excluding hydrogens is 308 g/mol. The minimum Gasteiger partial charge on any atom is -0.485 e. The van der Waals surface area contributed by atoms with Gasteiger partial charge in [0.25, 0.3) is 0 Å². The summed E-state index contributed by atoms with van der Waals surface area (Å²) in [5.41, 5.74) is 3.34. The van der Waals surface area contributed by atoms with Crippen LogP contribution < -0.4 is 10.2 Å². The molecule has 1 N–H and O–H groups in total. The van der Waals surface area contributed by atoms with Crippen LogP contribution in [0.3, 0.4) is 0 Å². The Bertz CT molecular complexity index is 456. The summed E-state index contributed by atoms with van der Waals surface area (Å²) in [6, 6.07) is 0.797. The topological polar surface area (TPSA) is 30.5 Å². The summed E-state index contributed by atoms with van der Waals surface area (Å²) in [5, 5.41) is 0. The van der Waals surface area contributed by atoms with Gasteiger partial charge in [0.05, 0.1) is 13.2 Å². The van der Waals surface area contributed by atoms with E-state index < -0.39 is 11.6 Å². The molecule has 3 nitrogen and oxygen atoms in total. The van der Waals surface area contributed by atoms with Crippen molar-refractivity contribution in [1.82, 2.24) is 5.48 Å². The quantitative estimate of drug-likeness (QED) is 0.680. The summed E-state index contributed by atoms with van der Waals surface area (Å²) >= 11 is 3.24. The van der Waals surface area contributed by atoms with Crippen LogP contribution in [0, 0.1) is 11.6 Å². The molecule has 0 saturated carbocycles. The Kier molecular flexibility index (Phi) is 4.19. The summed E-state index contributed by atoms with van der Waals surface area (Å²) in [5.74, 6) is -1.90. The number of hydrogen-bond acceptors (Lipinski definition) is 3. The third-order valence-electron chi connectivity index (χ3n) is 2.93. The molecule has 0 radical (unpaired) electrons. The molecule has 0 aliphatic carbocycles. The van der Waals surface area contributed by atoms with Crippen molar-refractivity contribution in [3.63, 3.8) is 0 Å². The van der Waals surface area contributed by atoms with Crippen LogP contribution in [0.5, 0.6) is 5.75 Å². The summed E-state index contributed by atoms with van der Waals surface area (Å²) in [4.78, 5) is 4.92. The Morgan fingerprint density at radius 1 is 1.50 bits per heavy atom. The SMILES string of the molecule is CCCC1Oc2c(F)c(F)cc(Br)c2C1NOC. The second-order valence-corrected chi connectivity index (χ2v) is 5.00. The van der Waals surface area contributed by atoms with Gasteiger partial charge in [0.15, 0.2) is 11.6 Å². The van der Waals surface area contributed by atoms with E-state index >= 15 is 0 Å². The van der Waals surface area contributed by atoms with Crippen LogP contribution in [0.2, 0.25) is 0 Å². The molecule has 1 aromatic rings. The Morgan fingerprint density at radius 2 is 2.22 bits per heavy atom. The van der Waals surface area contributed by atoms with Crippen LogP contribution in [0.15, 0.2) is 10.5 Å². The first-order chi connectivity index (χ1) is 8.60. The monoisotopic (exact) mass is 321 g/mol. The first-order valence-corrected chi connectivity index (χ1v) is 6.52. The molecule has 0 bridgehead atoms. The molecule has 1 aromatic carbocycles. The van der Waals surface area contributed by atoms with E-state index in [1.807, 2.05) is 6.92 Å². The van der Waals surface area contributed by atoms with Crippen molar-refractivity contribution >= 4 is 15.9 Å². The number of hydrogen-bond donors (Lipinski definition) is 1. The van der Waals surface area contributed by atoms with Gasteiger partial charge < -0.3 is 9.57 Å². The van der Waals surface area contributed by atoms with Crippen molar-refractivity contribution in [2.75, 3.05) is 7.11 Å². The lowest BCUT2D eigenvalue weighted by Crippen LogP contribution is -2.30. The van der Waals surface area contributed by atoms with Crippen molar-refractivity contribution in [3.05, 3.63) is 27.7 Å². The van der Waals surface area contributed by atoms with Crippen LogP contribution in [0.25, 0.3) is 0 Å². The Morgan fingerprint density at radius 3 is 2.83 bits per heavy atom. The van der Waals surface area contributed by atoms with Crippen molar-refractivity contribution in [1.29, 1.82) is 0 Å². The molecule has 1 aliphatic heterocycles. The molecule has 0 saturated heterocycles. The highest BCUT2D eigenvalue weighted by atomic mass is 79.9. The van der Waals surface area contributed by atoms with E-state index in [0.29, 0.717) is 10.0 Å². The van der Waals surface area contributed by atoms with Crippen molar-refractivity contribution in [2.24, 2.45) is 0 Å². The average Bonchev–Trinajstić information content (AvgIpc) is 2.67. The first-order valence-electron chi connectivity index (χ1n) is 5.72. The summed E-state index contributed by atoms with van der Waals surface area (Å²) < 4.78 is 33.0. The number of fused-ring (bicyclic) bond motifs is 1. The molecule has 0 fully saturated rings. The number of nitrogens with one attached hydrogen (secondary N) is 1. The number of rotatable bonds is 4. The number of halogens is 3. The average molecular weight is 322 g/mol. The summed E-state index contributed by atoms with van der Waals surface area (Å²) in [7, 11) is 1.48. The molecule has 1 aliphatic rings. The molecule has 100 valence electrons. The van der Waals surface area contributed by atoms with Gasteiger partial charge in [-0.05, 0) is 12.5 Å². The maximum absolute atomic E-state index is 13.7.